The maximum Gasteiger partial charge on any atom is 0.123 e. The van der Waals surface area contributed by atoms with E-state index in [0.717, 1.165) is 35.1 Å². The van der Waals surface area contributed by atoms with E-state index in [-0.39, 0.29) is 10.8 Å². The Morgan fingerprint density at radius 1 is 0.786 bits per heavy atom. The number of aromatic hydroxyl groups is 2. The van der Waals surface area contributed by atoms with Crippen LogP contribution < -0.4 is 0 Å². The summed E-state index contributed by atoms with van der Waals surface area (Å²) in [5, 5.41) is 20.0. The molecule has 28 heavy (non-hydrogen) atoms. The topological polar surface area (TPSA) is 40.5 Å². The van der Waals surface area contributed by atoms with E-state index < -0.39 is 0 Å². The van der Waals surface area contributed by atoms with Gasteiger partial charge in [-0.1, -0.05) is 90.8 Å². The molecule has 0 aliphatic heterocycles. The van der Waals surface area contributed by atoms with Crippen LogP contribution in [0, 0.1) is 13.8 Å². The van der Waals surface area contributed by atoms with Crippen LogP contribution in [0.3, 0.4) is 0 Å². The molecule has 0 spiro atoms. The Hall–Kier alpha value is -1.96. The molecule has 2 aromatic carbocycles. The first-order valence-corrected chi connectivity index (χ1v) is 10.4. The zero-order valence-corrected chi connectivity index (χ0v) is 19.4. The molecule has 0 heterocycles. The van der Waals surface area contributed by atoms with Crippen molar-refractivity contribution >= 4 is 0 Å². The largest absolute Gasteiger partial charge is 0.507 e. The van der Waals surface area contributed by atoms with Crippen LogP contribution in [0.2, 0.25) is 0 Å². The summed E-state index contributed by atoms with van der Waals surface area (Å²) in [6.07, 6.45) is 3.31. The standard InChI is InChI=1S/C15H24O.C11H16O/c1-10-8-11(14(2,3)4)13(16)12(9-10)15(5,6)7;1-3-4-7-10-8-5-6-9(2)11(10)12/h8-9,16H,1-7H3;5-6,8,12H,3-4,7H2,1-2H3. The molecule has 156 valence electrons. The molecule has 0 unspecified atom stereocenters. The van der Waals surface area contributed by atoms with Crippen LogP contribution in [0.4, 0.5) is 0 Å². The SMILES string of the molecule is CCCCc1cccc(C)c1O.Cc1cc(C(C)(C)C)c(O)c(C(C)(C)C)c1. The van der Waals surface area contributed by atoms with Gasteiger partial charge in [0.25, 0.3) is 0 Å². The first-order chi connectivity index (χ1) is 12.8. The van der Waals surface area contributed by atoms with Gasteiger partial charge in [0, 0.05) is 0 Å². The molecule has 0 atom stereocenters. The molecular formula is C26H40O2. The number of para-hydroxylation sites is 1. The van der Waals surface area contributed by atoms with Crippen molar-refractivity contribution in [3.05, 3.63) is 58.1 Å². The van der Waals surface area contributed by atoms with E-state index in [0.29, 0.717) is 11.5 Å². The second-order valence-electron chi connectivity index (χ2n) is 9.89. The predicted molar refractivity (Wildman–Crippen MR) is 122 cm³/mol. The number of hydrogen-bond donors (Lipinski definition) is 2. The number of rotatable bonds is 3. The third-order valence-electron chi connectivity index (χ3n) is 4.99. The first kappa shape index (κ1) is 24.1. The summed E-state index contributed by atoms with van der Waals surface area (Å²) < 4.78 is 0. The first-order valence-electron chi connectivity index (χ1n) is 10.4. The molecule has 0 aliphatic rings. The second kappa shape index (κ2) is 9.49. The highest BCUT2D eigenvalue weighted by Gasteiger charge is 2.25. The molecule has 0 radical (unpaired) electrons. The van der Waals surface area contributed by atoms with Gasteiger partial charge in [0.05, 0.1) is 0 Å². The number of hydrogen-bond acceptors (Lipinski definition) is 2. The van der Waals surface area contributed by atoms with Gasteiger partial charge in [-0.2, -0.15) is 0 Å². The maximum atomic E-state index is 10.4. The van der Waals surface area contributed by atoms with E-state index in [1.807, 2.05) is 25.1 Å². The summed E-state index contributed by atoms with van der Waals surface area (Å²) in [7, 11) is 0. The summed E-state index contributed by atoms with van der Waals surface area (Å²) in [5.41, 5.74) is 5.31. The molecule has 2 aromatic rings. The average Bonchev–Trinajstić information content (AvgIpc) is 2.56. The Labute approximate surface area is 172 Å². The minimum atomic E-state index is -0.0178. The van der Waals surface area contributed by atoms with Crippen LogP contribution in [-0.4, -0.2) is 10.2 Å². The van der Waals surface area contributed by atoms with Crippen molar-refractivity contribution in [1.29, 1.82) is 0 Å². The Balaban J connectivity index is 0.000000292. The highest BCUT2D eigenvalue weighted by molar-refractivity contribution is 5.49. The monoisotopic (exact) mass is 384 g/mol. The summed E-state index contributed by atoms with van der Waals surface area (Å²) in [6.45, 7) is 19.0. The van der Waals surface area contributed by atoms with Crippen LogP contribution in [0.25, 0.3) is 0 Å². The van der Waals surface area contributed by atoms with Gasteiger partial charge in [0.1, 0.15) is 11.5 Å². The van der Waals surface area contributed by atoms with Crippen molar-refractivity contribution in [2.75, 3.05) is 0 Å². The minimum Gasteiger partial charge on any atom is -0.507 e. The Kier molecular flexibility index (Phi) is 8.16. The van der Waals surface area contributed by atoms with E-state index in [4.69, 9.17) is 0 Å². The Morgan fingerprint density at radius 3 is 1.71 bits per heavy atom. The van der Waals surface area contributed by atoms with Gasteiger partial charge < -0.3 is 10.2 Å². The van der Waals surface area contributed by atoms with E-state index >= 15 is 0 Å². The third kappa shape index (κ3) is 6.58. The van der Waals surface area contributed by atoms with Gasteiger partial charge >= 0.3 is 0 Å². The van der Waals surface area contributed by atoms with Crippen LogP contribution >= 0.6 is 0 Å². The molecule has 0 aliphatic carbocycles. The fraction of sp³-hybridized carbons (Fsp3) is 0.538. The van der Waals surface area contributed by atoms with Crippen LogP contribution in [-0.2, 0) is 17.3 Å². The van der Waals surface area contributed by atoms with Crippen molar-refractivity contribution in [3.63, 3.8) is 0 Å². The van der Waals surface area contributed by atoms with Gasteiger partial charge in [-0.3, -0.25) is 0 Å². The van der Waals surface area contributed by atoms with Gasteiger partial charge in [-0.15, -0.1) is 0 Å². The van der Waals surface area contributed by atoms with E-state index in [1.165, 1.54) is 12.0 Å². The number of aryl methyl sites for hydroxylation is 3. The molecule has 0 aromatic heterocycles. The molecule has 0 saturated carbocycles. The van der Waals surface area contributed by atoms with Crippen molar-refractivity contribution in [3.8, 4) is 11.5 Å². The lowest BCUT2D eigenvalue weighted by molar-refractivity contribution is 0.423. The fourth-order valence-corrected chi connectivity index (χ4v) is 3.21. The van der Waals surface area contributed by atoms with Crippen LogP contribution in [0.15, 0.2) is 30.3 Å². The molecule has 2 N–H and O–H groups in total. The normalized spacial score (nSPS) is 11.8. The fourth-order valence-electron chi connectivity index (χ4n) is 3.21. The number of phenolic OH excluding ortho intramolecular Hbond substituents is 2. The van der Waals surface area contributed by atoms with E-state index in [1.54, 1.807) is 0 Å². The van der Waals surface area contributed by atoms with Gasteiger partial charge in [-0.05, 0) is 59.8 Å². The number of benzene rings is 2. The number of phenols is 2. The van der Waals surface area contributed by atoms with Crippen molar-refractivity contribution < 1.29 is 10.2 Å². The van der Waals surface area contributed by atoms with Crippen molar-refractivity contribution in [1.82, 2.24) is 0 Å². The molecule has 0 saturated heterocycles. The van der Waals surface area contributed by atoms with Crippen molar-refractivity contribution in [2.45, 2.75) is 92.4 Å². The molecule has 0 fully saturated rings. The highest BCUT2D eigenvalue weighted by atomic mass is 16.3. The van der Waals surface area contributed by atoms with Gasteiger partial charge in [0.15, 0.2) is 0 Å². The van der Waals surface area contributed by atoms with Crippen LogP contribution in [0.5, 0.6) is 11.5 Å². The molecule has 0 amide bonds. The summed E-state index contributed by atoms with van der Waals surface area (Å²) in [6, 6.07) is 10.1. The lowest BCUT2D eigenvalue weighted by Crippen LogP contribution is -2.17. The molecule has 2 nitrogen and oxygen atoms in total. The lowest BCUT2D eigenvalue weighted by Gasteiger charge is -2.27. The number of unbranched alkanes of at least 4 members (excludes halogenated alkanes) is 1. The molecular weight excluding hydrogens is 344 g/mol. The Bertz CT molecular complexity index is 739. The quantitative estimate of drug-likeness (QED) is 0.581. The van der Waals surface area contributed by atoms with Crippen molar-refractivity contribution in [2.24, 2.45) is 0 Å². The van der Waals surface area contributed by atoms with Gasteiger partial charge in [-0.25, -0.2) is 0 Å². The lowest BCUT2D eigenvalue weighted by atomic mass is 9.78. The average molecular weight is 385 g/mol. The smallest absolute Gasteiger partial charge is 0.123 e. The zero-order chi connectivity index (χ0) is 21.7. The van der Waals surface area contributed by atoms with E-state index in [2.05, 4.69) is 67.5 Å². The van der Waals surface area contributed by atoms with Crippen LogP contribution in [0.1, 0.15) is 89.1 Å². The van der Waals surface area contributed by atoms with E-state index in [9.17, 15) is 10.2 Å². The van der Waals surface area contributed by atoms with Gasteiger partial charge in [0.2, 0.25) is 0 Å². The molecule has 2 rings (SSSR count). The third-order valence-corrected chi connectivity index (χ3v) is 4.99. The highest BCUT2D eigenvalue weighted by Crippen LogP contribution is 2.39. The Morgan fingerprint density at radius 2 is 1.29 bits per heavy atom. The summed E-state index contributed by atoms with van der Waals surface area (Å²) in [5.74, 6) is 0.941. The second-order valence-corrected chi connectivity index (χ2v) is 9.89. The molecule has 2 heteroatoms. The maximum absolute atomic E-state index is 10.4. The predicted octanol–water partition coefficient (Wildman–Crippen LogP) is 7.34. The molecule has 0 bridgehead atoms. The minimum absolute atomic E-state index is 0.0178. The zero-order valence-electron chi connectivity index (χ0n) is 19.4. The summed E-state index contributed by atoms with van der Waals surface area (Å²) in [4.78, 5) is 0. The summed E-state index contributed by atoms with van der Waals surface area (Å²) >= 11 is 0.